The molecular formula is C11H9N2O+. The molecule has 3 heteroatoms. The second-order valence-corrected chi connectivity index (χ2v) is 2.97. The molecule has 68 valence electrons. The first-order valence-corrected chi connectivity index (χ1v) is 4.27. The fourth-order valence-corrected chi connectivity index (χ4v) is 1.46. The van der Waals surface area contributed by atoms with Gasteiger partial charge in [-0.1, -0.05) is 18.2 Å². The average Bonchev–Trinajstić information content (AvgIpc) is 2.27. The number of hydrogen-bond acceptors (Lipinski definition) is 2. The molecule has 3 nitrogen and oxygen atoms in total. The van der Waals surface area contributed by atoms with Crippen molar-refractivity contribution in [3.05, 3.63) is 41.4 Å². The number of benzene rings is 2. The highest BCUT2D eigenvalue weighted by Crippen LogP contribution is 2.30. The van der Waals surface area contributed by atoms with Crippen molar-refractivity contribution in [2.24, 2.45) is 0 Å². The SMILES string of the molecule is COc1cc([N+]#N)c2ccccc2c1. The van der Waals surface area contributed by atoms with E-state index in [9.17, 15) is 0 Å². The van der Waals surface area contributed by atoms with Crippen LogP contribution >= 0.6 is 0 Å². The molecule has 0 unspecified atom stereocenters. The summed E-state index contributed by atoms with van der Waals surface area (Å²) in [6, 6.07) is 11.3. The molecular weight excluding hydrogens is 176 g/mol. The van der Waals surface area contributed by atoms with Gasteiger partial charge >= 0.3 is 5.69 Å². The molecule has 0 bridgehead atoms. The van der Waals surface area contributed by atoms with Gasteiger partial charge in [-0.2, -0.15) is 0 Å². The molecule has 2 aromatic rings. The summed E-state index contributed by atoms with van der Waals surface area (Å²) in [5.41, 5.74) is 0.528. The summed E-state index contributed by atoms with van der Waals surface area (Å²) in [5.74, 6) is 0.691. The van der Waals surface area contributed by atoms with Crippen molar-refractivity contribution in [1.29, 1.82) is 5.39 Å². The van der Waals surface area contributed by atoms with Crippen molar-refractivity contribution < 1.29 is 4.74 Å². The van der Waals surface area contributed by atoms with E-state index in [4.69, 9.17) is 10.1 Å². The molecule has 0 spiro atoms. The normalized spacial score (nSPS) is 9.71. The van der Waals surface area contributed by atoms with E-state index in [1.807, 2.05) is 30.3 Å². The average molecular weight is 185 g/mol. The second kappa shape index (κ2) is 3.35. The molecule has 0 amide bonds. The van der Waals surface area contributed by atoms with Gasteiger partial charge in [-0.3, -0.25) is 0 Å². The molecule has 0 N–H and O–H groups in total. The van der Waals surface area contributed by atoms with E-state index < -0.39 is 0 Å². The topological polar surface area (TPSA) is 37.4 Å². The molecule has 0 aliphatic carbocycles. The number of diazo groups is 1. The zero-order valence-corrected chi connectivity index (χ0v) is 7.77. The number of ether oxygens (including phenoxy) is 1. The highest BCUT2D eigenvalue weighted by atomic mass is 16.5. The third-order valence-corrected chi connectivity index (χ3v) is 2.16. The quantitative estimate of drug-likeness (QED) is 0.639. The number of nitrogens with zero attached hydrogens (tertiary/aromatic N) is 2. The summed E-state index contributed by atoms with van der Waals surface area (Å²) in [6.45, 7) is 0. The number of hydrogen-bond donors (Lipinski definition) is 0. The monoisotopic (exact) mass is 185 g/mol. The lowest BCUT2D eigenvalue weighted by atomic mass is 10.1. The van der Waals surface area contributed by atoms with E-state index in [2.05, 4.69) is 4.98 Å². The van der Waals surface area contributed by atoms with Gasteiger partial charge in [0, 0.05) is 0 Å². The molecule has 2 aromatic carbocycles. The molecule has 0 aliphatic rings. The Kier molecular flexibility index (Phi) is 2.04. The van der Waals surface area contributed by atoms with Crippen molar-refractivity contribution in [3.63, 3.8) is 0 Å². The molecule has 0 aliphatic heterocycles. The van der Waals surface area contributed by atoms with Gasteiger partial charge in [0.25, 0.3) is 0 Å². The lowest BCUT2D eigenvalue weighted by molar-refractivity contribution is 0.415. The van der Waals surface area contributed by atoms with Crippen LogP contribution in [0.25, 0.3) is 15.7 Å². The van der Waals surface area contributed by atoms with Gasteiger partial charge in [-0.05, 0) is 17.5 Å². The smallest absolute Gasteiger partial charge is 0.396 e. The number of fused-ring (bicyclic) bond motifs is 1. The Hall–Kier alpha value is -2.08. The predicted molar refractivity (Wildman–Crippen MR) is 55.2 cm³/mol. The van der Waals surface area contributed by atoms with E-state index in [-0.39, 0.29) is 0 Å². The van der Waals surface area contributed by atoms with Gasteiger partial charge in [0.05, 0.1) is 18.6 Å². The van der Waals surface area contributed by atoms with Crippen molar-refractivity contribution in [2.45, 2.75) is 0 Å². The van der Waals surface area contributed by atoms with Crippen LogP contribution in [0.3, 0.4) is 0 Å². The zero-order chi connectivity index (χ0) is 9.97. The number of methoxy groups -OCH3 is 1. The fourth-order valence-electron chi connectivity index (χ4n) is 1.46. The molecule has 2 rings (SSSR count). The van der Waals surface area contributed by atoms with Crippen LogP contribution in [0.2, 0.25) is 0 Å². The Morgan fingerprint density at radius 3 is 2.71 bits per heavy atom. The lowest BCUT2D eigenvalue weighted by Gasteiger charge is -1.99. The van der Waals surface area contributed by atoms with Crippen LogP contribution in [0.5, 0.6) is 5.75 Å². The third kappa shape index (κ3) is 1.27. The summed E-state index contributed by atoms with van der Waals surface area (Å²) in [5, 5.41) is 10.7. The molecule has 0 heterocycles. The summed E-state index contributed by atoms with van der Waals surface area (Å²) in [7, 11) is 1.59. The van der Waals surface area contributed by atoms with E-state index in [1.165, 1.54) is 0 Å². The second-order valence-electron chi connectivity index (χ2n) is 2.97. The fraction of sp³-hybridized carbons (Fsp3) is 0.0909. The Bertz CT molecular complexity index is 514. The minimum atomic E-state index is 0.528. The van der Waals surface area contributed by atoms with Gasteiger partial charge in [0.15, 0.2) is 4.98 Å². The molecule has 0 radical (unpaired) electrons. The van der Waals surface area contributed by atoms with Gasteiger partial charge < -0.3 is 4.74 Å². The Morgan fingerprint density at radius 2 is 2.00 bits per heavy atom. The first-order valence-electron chi connectivity index (χ1n) is 4.27. The van der Waals surface area contributed by atoms with Crippen LogP contribution < -0.4 is 4.74 Å². The molecule has 14 heavy (non-hydrogen) atoms. The maximum atomic E-state index is 8.83. The van der Waals surface area contributed by atoms with Crippen molar-refractivity contribution in [3.8, 4) is 5.75 Å². The van der Waals surface area contributed by atoms with Gasteiger partial charge in [0.1, 0.15) is 5.75 Å². The largest absolute Gasteiger partial charge is 0.496 e. The van der Waals surface area contributed by atoms with E-state index >= 15 is 0 Å². The maximum Gasteiger partial charge on any atom is 0.396 e. The van der Waals surface area contributed by atoms with Crippen LogP contribution in [-0.4, -0.2) is 7.11 Å². The van der Waals surface area contributed by atoms with Crippen LogP contribution in [0.4, 0.5) is 5.69 Å². The van der Waals surface area contributed by atoms with E-state index in [0.717, 1.165) is 10.8 Å². The van der Waals surface area contributed by atoms with Gasteiger partial charge in [0.2, 0.25) is 5.39 Å². The molecule has 0 aromatic heterocycles. The summed E-state index contributed by atoms with van der Waals surface area (Å²) >= 11 is 0. The summed E-state index contributed by atoms with van der Waals surface area (Å²) in [4.78, 5) is 3.23. The van der Waals surface area contributed by atoms with Crippen molar-refractivity contribution >= 4 is 16.5 Å². The molecule has 0 saturated carbocycles. The lowest BCUT2D eigenvalue weighted by Crippen LogP contribution is -1.82. The van der Waals surface area contributed by atoms with Crippen LogP contribution in [0.1, 0.15) is 0 Å². The van der Waals surface area contributed by atoms with Crippen LogP contribution in [0.15, 0.2) is 36.4 Å². The molecule has 0 saturated heterocycles. The standard InChI is InChI=1S/C11H9N2O/c1-14-9-6-8-4-2-3-5-10(8)11(7-9)13-12/h2-7H,1H3/q+1. The summed E-state index contributed by atoms with van der Waals surface area (Å²) in [6.07, 6.45) is 0. The third-order valence-electron chi connectivity index (χ3n) is 2.16. The Labute approximate surface area is 81.6 Å². The first kappa shape index (κ1) is 8.52. The number of rotatable bonds is 1. The van der Waals surface area contributed by atoms with E-state index in [1.54, 1.807) is 13.2 Å². The van der Waals surface area contributed by atoms with Gasteiger partial charge in [-0.15, -0.1) is 0 Å². The predicted octanol–water partition coefficient (Wildman–Crippen LogP) is 3.33. The highest BCUT2D eigenvalue weighted by molar-refractivity contribution is 5.95. The van der Waals surface area contributed by atoms with Gasteiger partial charge in [-0.25, -0.2) is 0 Å². The first-order chi connectivity index (χ1) is 6.85. The Morgan fingerprint density at radius 1 is 1.21 bits per heavy atom. The Balaban J connectivity index is 2.82. The minimum absolute atomic E-state index is 0.528. The minimum Gasteiger partial charge on any atom is -0.496 e. The zero-order valence-electron chi connectivity index (χ0n) is 7.77. The van der Waals surface area contributed by atoms with Crippen LogP contribution in [-0.2, 0) is 0 Å². The van der Waals surface area contributed by atoms with Crippen molar-refractivity contribution in [2.75, 3.05) is 7.11 Å². The van der Waals surface area contributed by atoms with E-state index in [0.29, 0.717) is 11.4 Å². The summed E-state index contributed by atoms with van der Waals surface area (Å²) < 4.78 is 5.09. The molecule has 0 fully saturated rings. The molecule has 0 atom stereocenters. The maximum absolute atomic E-state index is 8.83. The highest BCUT2D eigenvalue weighted by Gasteiger charge is 2.12. The van der Waals surface area contributed by atoms with Crippen molar-refractivity contribution in [1.82, 2.24) is 0 Å². The van der Waals surface area contributed by atoms with Crippen LogP contribution in [0, 0.1) is 5.39 Å².